The van der Waals surface area contributed by atoms with Crippen LogP contribution in [0.5, 0.6) is 0 Å². The van der Waals surface area contributed by atoms with E-state index in [1.165, 1.54) is 521 Å². The Morgan fingerprint density at radius 3 is 0.461 bits per heavy atom. The molecule has 0 fully saturated rings. The second kappa shape index (κ2) is 76.8. The van der Waals surface area contributed by atoms with Gasteiger partial charge in [0, 0.05) is 11.2 Å². The quantitative estimate of drug-likeness (QED) is 0.0391. The maximum atomic E-state index is 12.2. The summed E-state index contributed by atoms with van der Waals surface area (Å²) in [4.78, 5) is 22.4. The monoisotopic (exact) mass is 1450 g/mol. The van der Waals surface area contributed by atoms with Crippen LogP contribution in [0.2, 0.25) is 0 Å². The van der Waals surface area contributed by atoms with Crippen LogP contribution in [0.4, 0.5) is 0 Å². The van der Waals surface area contributed by atoms with Crippen molar-refractivity contribution in [3.63, 3.8) is 0 Å². The first kappa shape index (κ1) is 99.6. The molecular weight excluding hydrogens is 1270 g/mol. The van der Waals surface area contributed by atoms with Crippen molar-refractivity contribution in [1.29, 1.82) is 0 Å². The Balaban J connectivity index is 0.00000158. The summed E-state index contributed by atoms with van der Waals surface area (Å²) in [7, 11) is 0. The molecule has 598 valence electrons. The van der Waals surface area contributed by atoms with Crippen LogP contribution in [0, 0.1) is 0 Å². The van der Waals surface area contributed by atoms with E-state index in [0.29, 0.717) is 9.79 Å². The molecular formula is C94H178N2O5S+2. The molecule has 0 atom stereocenters. The van der Waals surface area contributed by atoms with Gasteiger partial charge >= 0.3 is 11.9 Å². The molecule has 0 aliphatic carbocycles. The van der Waals surface area contributed by atoms with E-state index >= 15 is 0 Å². The van der Waals surface area contributed by atoms with E-state index in [9.17, 15) is 14.1 Å². The molecule has 0 radical (unpaired) electrons. The van der Waals surface area contributed by atoms with Crippen molar-refractivity contribution in [1.82, 2.24) is 0 Å². The predicted octanol–water partition coefficient (Wildman–Crippen LogP) is 31.0. The molecule has 2 aromatic rings. The van der Waals surface area contributed by atoms with Crippen molar-refractivity contribution in [3.05, 3.63) is 59.7 Å². The molecule has 0 aliphatic heterocycles. The van der Waals surface area contributed by atoms with Gasteiger partial charge in [-0.05, 0) is 151 Å². The standard InChI is InChI=1S/2C40H84N.C14H10O5S/c2*1-5-9-13-17-21-25-29-33-37-41(38-34-30-26-22-18-14-10-6-2,39-35-31-27-23-19-15-11-7-3)40-36-32-28-24-20-16-12-8-4;15-13(16)9-1-5-11(6-2-9)20(19)12-7-3-10(4-8-12)14(17)18/h2*5-40H2,1-4H3;1-8H,(H,15,16)(H,17,18)/q2*+1;. The van der Waals surface area contributed by atoms with Crippen LogP contribution in [-0.4, -0.2) is 88.0 Å². The second-order valence-electron chi connectivity index (χ2n) is 32.2. The van der Waals surface area contributed by atoms with Crippen molar-refractivity contribution in [2.24, 2.45) is 0 Å². The van der Waals surface area contributed by atoms with Gasteiger partial charge in [0.2, 0.25) is 0 Å². The summed E-state index contributed by atoms with van der Waals surface area (Å²) in [6.45, 7) is 30.6. The number of hydrogen-bond acceptors (Lipinski definition) is 3. The van der Waals surface area contributed by atoms with E-state index in [0.717, 1.165) is 0 Å². The van der Waals surface area contributed by atoms with Crippen molar-refractivity contribution in [3.8, 4) is 0 Å². The smallest absolute Gasteiger partial charge is 0.335 e. The number of rotatable bonds is 76. The highest BCUT2D eigenvalue weighted by Crippen LogP contribution is 2.26. The first-order valence-electron chi connectivity index (χ1n) is 45.8. The lowest BCUT2D eigenvalue weighted by molar-refractivity contribution is -0.929. The summed E-state index contributed by atoms with van der Waals surface area (Å²) in [6.07, 6.45) is 93.5. The van der Waals surface area contributed by atoms with Crippen LogP contribution in [0.15, 0.2) is 58.3 Å². The molecule has 0 spiro atoms. The van der Waals surface area contributed by atoms with Gasteiger partial charge in [0.25, 0.3) is 0 Å². The van der Waals surface area contributed by atoms with Gasteiger partial charge in [0.1, 0.15) is 0 Å². The van der Waals surface area contributed by atoms with Crippen LogP contribution in [0.3, 0.4) is 0 Å². The summed E-state index contributed by atoms with van der Waals surface area (Å²) in [5.41, 5.74) is 0.235. The zero-order chi connectivity index (χ0) is 74.6. The van der Waals surface area contributed by atoms with Crippen molar-refractivity contribution >= 4 is 23.1 Å². The molecule has 0 unspecified atom stereocenters. The molecule has 0 heterocycles. The minimum atomic E-state index is -1.48. The topological polar surface area (TPSA) is 97.7 Å². The number of benzene rings is 2. The van der Waals surface area contributed by atoms with Crippen LogP contribution >= 0.6 is 0 Å². The minimum absolute atomic E-state index is 0.118. The molecule has 0 aliphatic rings. The molecule has 2 rings (SSSR count). The first-order valence-corrected chi connectivity index (χ1v) is 46.9. The first-order chi connectivity index (χ1) is 50.0. The fraction of sp³-hybridized carbons (Fsp3) is 0.851. The lowest BCUT2D eigenvalue weighted by Gasteiger charge is -2.40. The third-order valence-electron chi connectivity index (χ3n) is 22.5. The summed E-state index contributed by atoms with van der Waals surface area (Å²) in [5.74, 6) is -2.10. The molecule has 102 heavy (non-hydrogen) atoms. The largest absolute Gasteiger partial charge is 0.606 e. The van der Waals surface area contributed by atoms with E-state index in [-0.39, 0.29) is 11.1 Å². The second-order valence-corrected chi connectivity index (χ2v) is 33.7. The Labute approximate surface area is 640 Å². The molecule has 0 aromatic heterocycles. The molecule has 7 nitrogen and oxygen atoms in total. The number of nitrogens with zero attached hydrogens (tertiary/aromatic N) is 2. The lowest BCUT2D eigenvalue weighted by Crippen LogP contribution is -2.50. The third kappa shape index (κ3) is 61.6. The number of carboxylic acid groups (broad SMARTS) is 2. The lowest BCUT2D eigenvalue weighted by atomic mass is 10.0. The Hall–Kier alpha value is -2.39. The normalized spacial score (nSPS) is 11.7. The van der Waals surface area contributed by atoms with Crippen LogP contribution in [0.25, 0.3) is 0 Å². The number of aromatic carboxylic acids is 2. The highest BCUT2D eigenvalue weighted by molar-refractivity contribution is 7.91. The van der Waals surface area contributed by atoms with Gasteiger partial charge in [-0.3, -0.25) is 0 Å². The third-order valence-corrected chi connectivity index (χ3v) is 23.9. The zero-order valence-electron chi connectivity index (χ0n) is 70.0. The summed E-state index contributed by atoms with van der Waals surface area (Å²) < 4.78 is 15.2. The molecule has 2 N–H and O–H groups in total. The fourth-order valence-electron chi connectivity index (χ4n) is 15.6. The summed E-state index contributed by atoms with van der Waals surface area (Å²) >= 11 is -1.48. The average molecular weight is 1450 g/mol. The van der Waals surface area contributed by atoms with Crippen LogP contribution < -0.4 is 0 Å². The van der Waals surface area contributed by atoms with Crippen LogP contribution in [0.1, 0.15) is 487 Å². The Morgan fingerprint density at radius 1 is 0.225 bits per heavy atom. The van der Waals surface area contributed by atoms with Crippen LogP contribution in [-0.2, 0) is 11.2 Å². The van der Waals surface area contributed by atoms with E-state index in [1.807, 2.05) is 0 Å². The Morgan fingerprint density at radius 2 is 0.343 bits per heavy atom. The van der Waals surface area contributed by atoms with Gasteiger partial charge in [-0.15, -0.1) is 0 Å². The summed E-state index contributed by atoms with van der Waals surface area (Å²) in [5, 5.41) is 17.6. The molecule has 0 saturated heterocycles. The van der Waals surface area contributed by atoms with E-state index in [1.54, 1.807) is 0 Å². The van der Waals surface area contributed by atoms with Gasteiger partial charge in [0.05, 0.1) is 63.5 Å². The van der Waals surface area contributed by atoms with Gasteiger partial charge in [-0.1, -0.05) is 364 Å². The number of carbonyl (C=O) groups is 2. The fourth-order valence-corrected chi connectivity index (χ4v) is 16.6. The number of hydrogen-bond donors (Lipinski definition) is 2. The molecule has 8 heteroatoms. The van der Waals surface area contributed by atoms with Gasteiger partial charge in [-0.2, -0.15) is 0 Å². The average Bonchev–Trinajstić information content (AvgIpc) is 0.872. The highest BCUT2D eigenvalue weighted by atomic mass is 32.2. The van der Waals surface area contributed by atoms with E-state index < -0.39 is 23.1 Å². The van der Waals surface area contributed by atoms with Gasteiger partial charge in [-0.25, -0.2) is 9.59 Å². The van der Waals surface area contributed by atoms with E-state index in [2.05, 4.69) is 55.4 Å². The minimum Gasteiger partial charge on any atom is -0.606 e. The predicted molar refractivity (Wildman–Crippen MR) is 452 cm³/mol. The number of unbranched alkanes of at least 4 members (excludes halogenated alkanes) is 56. The Bertz CT molecular complexity index is 1700. The maximum Gasteiger partial charge on any atom is 0.335 e. The van der Waals surface area contributed by atoms with E-state index in [4.69, 9.17) is 10.2 Å². The molecule has 0 amide bonds. The zero-order valence-corrected chi connectivity index (χ0v) is 70.8. The molecule has 0 bridgehead atoms. The van der Waals surface area contributed by atoms with Crippen molar-refractivity contribution < 1.29 is 33.3 Å². The van der Waals surface area contributed by atoms with Crippen molar-refractivity contribution in [2.75, 3.05) is 52.4 Å². The van der Waals surface area contributed by atoms with Crippen molar-refractivity contribution in [2.45, 2.75) is 476 Å². The highest BCUT2D eigenvalue weighted by Gasteiger charge is 2.28. The number of carboxylic acids is 2. The summed E-state index contributed by atoms with van der Waals surface area (Å²) in [6, 6.07) is 11.4. The SMILES string of the molecule is CCCCCCCCCC[N+](CCCCCCCCCC)(CCCCCCCCCC)CCCCCCCCCC.CCCCCCCCCC[N+](CCCCCCCCCC)(CCCCCCCCCC)CCCCCCCCCC.O=C(O)c1ccc([S+]([O-])c2ccc(C(=O)O)cc2)cc1. The molecule has 0 saturated carbocycles. The Kier molecular flexibility index (Phi) is 75.0. The molecule has 2 aromatic carbocycles. The van der Waals surface area contributed by atoms with Gasteiger partial charge < -0.3 is 23.7 Å². The van der Waals surface area contributed by atoms with Gasteiger partial charge in [0.15, 0.2) is 9.79 Å². The number of quaternary nitrogens is 2. The maximum absolute atomic E-state index is 12.2.